The maximum atomic E-state index is 12.1. The second-order valence-corrected chi connectivity index (χ2v) is 10.8. The Morgan fingerprint density at radius 3 is 1.95 bits per heavy atom. The molecule has 0 radical (unpaired) electrons. The van der Waals surface area contributed by atoms with Gasteiger partial charge < -0.3 is 14.6 Å². The molecule has 0 atom stereocenters. The highest BCUT2D eigenvalue weighted by atomic mass is 32.2. The Bertz CT molecular complexity index is 1410. The first-order valence-electron chi connectivity index (χ1n) is 11.9. The molecule has 12 heteroatoms. The van der Waals surface area contributed by atoms with Crippen LogP contribution in [0.4, 0.5) is 16.2 Å². The molecule has 0 unspecified atom stereocenters. The number of nitrogens with zero attached hydrogens (tertiary/aromatic N) is 2. The number of nitro benzene ring substituents is 1. The number of aliphatic hydroxyl groups is 1. The molecule has 0 spiro atoms. The smallest absolute Gasteiger partial charge is 0.414 e. The van der Waals surface area contributed by atoms with Crippen LogP contribution in [0, 0.1) is 10.1 Å². The summed E-state index contributed by atoms with van der Waals surface area (Å²) in [4.78, 5) is 22.3. The Morgan fingerprint density at radius 2 is 1.50 bits per heavy atom. The minimum Gasteiger partial charge on any atom is -0.443 e. The largest absolute Gasteiger partial charge is 0.443 e. The van der Waals surface area contributed by atoms with Gasteiger partial charge in [-0.05, 0) is 55.7 Å². The number of carbonyl (C=O) groups is 1. The molecule has 0 saturated heterocycles. The number of ether oxygens (including phenoxy) is 2. The minimum atomic E-state index is -4.52. The maximum absolute atomic E-state index is 12.1. The summed E-state index contributed by atoms with van der Waals surface area (Å²) in [6.45, 7) is 5.66. The quantitative estimate of drug-likeness (QED) is 0.116. The van der Waals surface area contributed by atoms with Crippen LogP contribution in [0.2, 0.25) is 0 Å². The molecule has 0 bridgehead atoms. The molecule has 0 aliphatic rings. The zero-order valence-corrected chi connectivity index (χ0v) is 23.4. The van der Waals surface area contributed by atoms with Gasteiger partial charge in [-0.3, -0.25) is 19.6 Å². The first-order chi connectivity index (χ1) is 18.7. The number of nitro groups is 1. The number of benzene rings is 3. The van der Waals surface area contributed by atoms with Crippen LogP contribution in [0.5, 0.6) is 0 Å². The first kappa shape index (κ1) is 32.1. The highest BCUT2D eigenvalue weighted by Crippen LogP contribution is 2.22. The number of aliphatic hydroxyl groups excluding tert-OH is 1. The molecule has 40 heavy (non-hydrogen) atoms. The van der Waals surface area contributed by atoms with E-state index in [9.17, 15) is 23.3 Å². The SMILES string of the molecule is CN(C(=O)OC(C)(C)C)c1ccc(/C=C/c2ccc(COCO)cc2)cc1.O=[N+]([O-])c1ccccc1S(=O)(=O)O. The van der Waals surface area contributed by atoms with Crippen LogP contribution in [0.15, 0.2) is 77.7 Å². The summed E-state index contributed by atoms with van der Waals surface area (Å²) in [6.07, 6.45) is 3.65. The van der Waals surface area contributed by atoms with Crippen molar-refractivity contribution >= 4 is 39.7 Å². The van der Waals surface area contributed by atoms with Gasteiger partial charge in [-0.15, -0.1) is 0 Å². The Labute approximate surface area is 233 Å². The number of amides is 1. The summed E-state index contributed by atoms with van der Waals surface area (Å²) in [5, 5.41) is 19.0. The van der Waals surface area contributed by atoms with Crippen molar-refractivity contribution in [1.29, 1.82) is 0 Å². The molecule has 0 aliphatic heterocycles. The minimum absolute atomic E-state index is 0.277. The molecular weight excluding hydrogens is 540 g/mol. The van der Waals surface area contributed by atoms with E-state index in [-0.39, 0.29) is 12.9 Å². The van der Waals surface area contributed by atoms with Crippen LogP contribution in [0.25, 0.3) is 12.2 Å². The van der Waals surface area contributed by atoms with Crippen LogP contribution in [-0.2, 0) is 26.2 Å². The maximum Gasteiger partial charge on any atom is 0.414 e. The topological polar surface area (TPSA) is 157 Å². The summed E-state index contributed by atoms with van der Waals surface area (Å²) in [7, 11) is -2.82. The van der Waals surface area contributed by atoms with Gasteiger partial charge in [0.05, 0.1) is 11.5 Å². The Hall–Kier alpha value is -4.10. The van der Waals surface area contributed by atoms with Crippen molar-refractivity contribution in [3.8, 4) is 0 Å². The number of hydrogen-bond acceptors (Lipinski definition) is 8. The van der Waals surface area contributed by atoms with Crippen molar-refractivity contribution < 1.29 is 37.3 Å². The summed E-state index contributed by atoms with van der Waals surface area (Å²) in [5.41, 5.74) is 2.73. The monoisotopic (exact) mass is 572 g/mol. The van der Waals surface area contributed by atoms with Gasteiger partial charge in [0.15, 0.2) is 4.90 Å². The van der Waals surface area contributed by atoms with Gasteiger partial charge in [-0.1, -0.05) is 60.7 Å². The number of rotatable bonds is 8. The summed E-state index contributed by atoms with van der Waals surface area (Å²) in [5.74, 6) is 0. The highest BCUT2D eigenvalue weighted by Gasteiger charge is 2.22. The lowest BCUT2D eigenvalue weighted by molar-refractivity contribution is -0.387. The average molecular weight is 573 g/mol. The Kier molecular flexibility index (Phi) is 11.5. The molecule has 0 aromatic heterocycles. The molecule has 1 amide bonds. The van der Waals surface area contributed by atoms with E-state index < -0.39 is 31.2 Å². The van der Waals surface area contributed by atoms with Crippen molar-refractivity contribution in [3.63, 3.8) is 0 Å². The molecule has 0 saturated carbocycles. The molecule has 3 aromatic rings. The lowest BCUT2D eigenvalue weighted by Gasteiger charge is -2.24. The molecule has 0 fully saturated rings. The molecular formula is C28H32N2O9S. The summed E-state index contributed by atoms with van der Waals surface area (Å²) >= 11 is 0. The predicted molar refractivity (Wildman–Crippen MR) is 151 cm³/mol. The normalized spacial score (nSPS) is 11.4. The fraction of sp³-hybridized carbons (Fsp3) is 0.250. The van der Waals surface area contributed by atoms with Gasteiger partial charge in [0, 0.05) is 18.8 Å². The van der Waals surface area contributed by atoms with Gasteiger partial charge >= 0.3 is 16.2 Å². The molecule has 0 heterocycles. The second-order valence-electron chi connectivity index (χ2n) is 9.38. The second kappa shape index (κ2) is 14.3. The fourth-order valence-electron chi connectivity index (χ4n) is 3.15. The molecule has 3 aromatic carbocycles. The zero-order chi connectivity index (χ0) is 29.9. The number of anilines is 1. The Balaban J connectivity index is 0.000000360. The molecule has 2 N–H and O–H groups in total. The number of hydrogen-bond donors (Lipinski definition) is 2. The molecule has 3 rings (SSSR count). The van der Waals surface area contributed by atoms with E-state index in [2.05, 4.69) is 0 Å². The molecule has 11 nitrogen and oxygen atoms in total. The predicted octanol–water partition coefficient (Wildman–Crippen LogP) is 5.54. The first-order valence-corrected chi connectivity index (χ1v) is 13.4. The van der Waals surface area contributed by atoms with Crippen molar-refractivity contribution in [1.82, 2.24) is 0 Å². The Morgan fingerprint density at radius 1 is 0.975 bits per heavy atom. The van der Waals surface area contributed by atoms with E-state index in [1.807, 2.05) is 81.5 Å². The van der Waals surface area contributed by atoms with E-state index in [1.54, 1.807) is 7.05 Å². The lowest BCUT2D eigenvalue weighted by Crippen LogP contribution is -2.34. The third-order valence-electron chi connectivity index (χ3n) is 5.10. The van der Waals surface area contributed by atoms with E-state index in [0.717, 1.165) is 34.5 Å². The van der Waals surface area contributed by atoms with Crippen LogP contribution < -0.4 is 4.90 Å². The molecule has 0 aliphatic carbocycles. The van der Waals surface area contributed by atoms with Crippen molar-refractivity contribution in [2.45, 2.75) is 37.9 Å². The van der Waals surface area contributed by atoms with Crippen LogP contribution in [-0.4, -0.2) is 48.5 Å². The third-order valence-corrected chi connectivity index (χ3v) is 6.00. The average Bonchev–Trinajstić information content (AvgIpc) is 2.90. The number of para-hydroxylation sites is 1. The standard InChI is InChI=1S/C22H27NO4.C6H5NO5S/c1-22(2,3)27-21(25)23(4)20-13-11-18(12-14-20)6-5-17-7-9-19(10-8-17)15-26-16-24;8-7(9)5-3-1-2-4-6(5)13(10,11)12/h5-14,24H,15-16H2,1-4H3;1-4H,(H,10,11,12)/b6-5+;. The molecule has 214 valence electrons. The van der Waals surface area contributed by atoms with Crippen LogP contribution in [0.1, 0.15) is 37.5 Å². The van der Waals surface area contributed by atoms with Gasteiger partial charge in [-0.25, -0.2) is 4.79 Å². The van der Waals surface area contributed by atoms with Gasteiger partial charge in [0.2, 0.25) is 0 Å². The number of carbonyl (C=O) groups excluding carboxylic acids is 1. The van der Waals surface area contributed by atoms with Crippen LogP contribution >= 0.6 is 0 Å². The van der Waals surface area contributed by atoms with E-state index in [4.69, 9.17) is 19.1 Å². The fourth-order valence-corrected chi connectivity index (χ4v) is 3.81. The van der Waals surface area contributed by atoms with Gasteiger partial charge in [0.25, 0.3) is 5.69 Å². The highest BCUT2D eigenvalue weighted by molar-refractivity contribution is 7.86. The van der Waals surface area contributed by atoms with Crippen LogP contribution in [0.3, 0.4) is 0 Å². The van der Waals surface area contributed by atoms with E-state index >= 15 is 0 Å². The van der Waals surface area contributed by atoms with E-state index in [0.29, 0.717) is 6.61 Å². The zero-order valence-electron chi connectivity index (χ0n) is 22.6. The van der Waals surface area contributed by atoms with Crippen molar-refractivity contribution in [2.24, 2.45) is 0 Å². The van der Waals surface area contributed by atoms with E-state index in [1.165, 1.54) is 17.0 Å². The van der Waals surface area contributed by atoms with Gasteiger partial charge in [0.1, 0.15) is 12.4 Å². The van der Waals surface area contributed by atoms with Gasteiger partial charge in [-0.2, -0.15) is 8.42 Å². The summed E-state index contributed by atoms with van der Waals surface area (Å²) in [6, 6.07) is 20.2. The summed E-state index contributed by atoms with van der Waals surface area (Å²) < 4.78 is 40.1. The lowest BCUT2D eigenvalue weighted by atomic mass is 10.1. The van der Waals surface area contributed by atoms with Crippen molar-refractivity contribution in [2.75, 3.05) is 18.7 Å². The third kappa shape index (κ3) is 10.6. The van der Waals surface area contributed by atoms with Crippen molar-refractivity contribution in [3.05, 3.63) is 99.6 Å².